The van der Waals surface area contributed by atoms with E-state index in [4.69, 9.17) is 10.5 Å². The van der Waals surface area contributed by atoms with Gasteiger partial charge in [0.2, 0.25) is 0 Å². The lowest BCUT2D eigenvalue weighted by Crippen LogP contribution is -2.34. The minimum absolute atomic E-state index is 0.241. The number of ether oxygens (including phenoxy) is 1. The van der Waals surface area contributed by atoms with Crippen molar-refractivity contribution >= 4 is 5.69 Å². The molecular formula is C9H13N3O. The molecular weight excluding hydrogens is 166 g/mol. The molecule has 4 nitrogen and oxygen atoms in total. The van der Waals surface area contributed by atoms with E-state index in [1.54, 1.807) is 6.20 Å². The lowest BCUT2D eigenvalue weighted by Gasteiger charge is -2.23. The molecule has 4 heteroatoms. The fourth-order valence-electron chi connectivity index (χ4n) is 1.45. The van der Waals surface area contributed by atoms with Crippen LogP contribution in [0.2, 0.25) is 0 Å². The first-order chi connectivity index (χ1) is 6.36. The molecule has 1 aromatic rings. The van der Waals surface area contributed by atoms with Crippen molar-refractivity contribution in [1.29, 1.82) is 0 Å². The molecule has 0 amide bonds. The molecule has 1 aliphatic rings. The van der Waals surface area contributed by atoms with Crippen LogP contribution < -0.4 is 11.1 Å². The number of hydrogen-bond acceptors (Lipinski definition) is 4. The number of nitrogens with zero attached hydrogens (tertiary/aromatic N) is 1. The molecule has 1 aliphatic heterocycles. The highest BCUT2D eigenvalue weighted by atomic mass is 16.5. The molecule has 1 aromatic heterocycles. The van der Waals surface area contributed by atoms with Gasteiger partial charge in [0.25, 0.3) is 0 Å². The van der Waals surface area contributed by atoms with E-state index in [0.717, 1.165) is 18.7 Å². The molecule has 0 unspecified atom stereocenters. The van der Waals surface area contributed by atoms with E-state index in [1.807, 2.05) is 12.3 Å². The van der Waals surface area contributed by atoms with Gasteiger partial charge in [0.05, 0.1) is 24.9 Å². The minimum Gasteiger partial charge on any atom is -0.397 e. The van der Waals surface area contributed by atoms with E-state index in [9.17, 15) is 0 Å². The highest BCUT2D eigenvalue weighted by Gasteiger charge is 2.15. The molecule has 13 heavy (non-hydrogen) atoms. The summed E-state index contributed by atoms with van der Waals surface area (Å²) >= 11 is 0. The lowest BCUT2D eigenvalue weighted by molar-refractivity contribution is 0.0768. The van der Waals surface area contributed by atoms with Crippen LogP contribution in [0.25, 0.3) is 0 Å². The standard InChI is InChI=1S/C9H13N3O/c10-8-3-7(4-11-5-8)9-6-13-2-1-12-9/h3-5,9,12H,1-2,6,10H2/t9-/m0/s1. The second-order valence-corrected chi connectivity index (χ2v) is 3.13. The lowest BCUT2D eigenvalue weighted by atomic mass is 10.1. The average Bonchev–Trinajstić information content (AvgIpc) is 2.19. The summed E-state index contributed by atoms with van der Waals surface area (Å²) in [5.41, 5.74) is 7.43. The number of anilines is 1. The van der Waals surface area contributed by atoms with Crippen LogP contribution in [0.4, 0.5) is 5.69 Å². The molecule has 70 valence electrons. The van der Waals surface area contributed by atoms with Crippen LogP contribution >= 0.6 is 0 Å². The Kier molecular flexibility index (Phi) is 2.42. The van der Waals surface area contributed by atoms with Gasteiger partial charge >= 0.3 is 0 Å². The average molecular weight is 179 g/mol. The van der Waals surface area contributed by atoms with Crippen LogP contribution in [0.3, 0.4) is 0 Å². The zero-order valence-corrected chi connectivity index (χ0v) is 7.36. The van der Waals surface area contributed by atoms with Gasteiger partial charge in [-0.1, -0.05) is 0 Å². The SMILES string of the molecule is Nc1cncc([C@@H]2COCCN2)c1. The van der Waals surface area contributed by atoms with Crippen LogP contribution in [0, 0.1) is 0 Å². The molecule has 0 bridgehead atoms. The van der Waals surface area contributed by atoms with Crippen molar-refractivity contribution < 1.29 is 4.74 Å². The molecule has 2 rings (SSSR count). The van der Waals surface area contributed by atoms with Crippen molar-refractivity contribution in [1.82, 2.24) is 10.3 Å². The second-order valence-electron chi connectivity index (χ2n) is 3.13. The Labute approximate surface area is 77.1 Å². The monoisotopic (exact) mass is 179 g/mol. The Morgan fingerprint density at radius 3 is 3.15 bits per heavy atom. The number of morpholine rings is 1. The summed E-state index contributed by atoms with van der Waals surface area (Å²) in [6.07, 6.45) is 3.47. The number of aromatic nitrogens is 1. The molecule has 1 fully saturated rings. The van der Waals surface area contributed by atoms with E-state index >= 15 is 0 Å². The summed E-state index contributed by atoms with van der Waals surface area (Å²) in [6, 6.07) is 2.17. The zero-order chi connectivity index (χ0) is 9.10. The van der Waals surface area contributed by atoms with Crippen LogP contribution in [-0.4, -0.2) is 24.7 Å². The van der Waals surface area contributed by atoms with E-state index in [2.05, 4.69) is 10.3 Å². The van der Waals surface area contributed by atoms with Gasteiger partial charge in [0.15, 0.2) is 0 Å². The van der Waals surface area contributed by atoms with Crippen LogP contribution in [0.1, 0.15) is 11.6 Å². The Morgan fingerprint density at radius 2 is 2.46 bits per heavy atom. The van der Waals surface area contributed by atoms with Crippen LogP contribution in [-0.2, 0) is 4.74 Å². The Morgan fingerprint density at radius 1 is 1.54 bits per heavy atom. The number of pyridine rings is 1. The second kappa shape index (κ2) is 3.72. The van der Waals surface area contributed by atoms with E-state index in [0.29, 0.717) is 12.3 Å². The Balaban J connectivity index is 2.14. The number of nitrogen functional groups attached to an aromatic ring is 1. The summed E-state index contributed by atoms with van der Waals surface area (Å²) in [4.78, 5) is 4.04. The van der Waals surface area contributed by atoms with Crippen molar-refractivity contribution in [2.45, 2.75) is 6.04 Å². The molecule has 0 spiro atoms. The van der Waals surface area contributed by atoms with Crippen molar-refractivity contribution in [3.8, 4) is 0 Å². The van der Waals surface area contributed by atoms with Crippen molar-refractivity contribution in [3.63, 3.8) is 0 Å². The smallest absolute Gasteiger partial charge is 0.0662 e. The molecule has 0 aliphatic carbocycles. The molecule has 1 atom stereocenters. The molecule has 0 aromatic carbocycles. The van der Waals surface area contributed by atoms with Gasteiger partial charge in [0, 0.05) is 18.9 Å². The van der Waals surface area contributed by atoms with Gasteiger partial charge in [0.1, 0.15) is 0 Å². The summed E-state index contributed by atoms with van der Waals surface area (Å²) in [5.74, 6) is 0. The summed E-state index contributed by atoms with van der Waals surface area (Å²) in [5, 5.41) is 3.34. The van der Waals surface area contributed by atoms with Gasteiger partial charge in [-0.3, -0.25) is 4.98 Å². The fraction of sp³-hybridized carbons (Fsp3) is 0.444. The van der Waals surface area contributed by atoms with Gasteiger partial charge < -0.3 is 15.8 Å². The summed E-state index contributed by atoms with van der Waals surface area (Å²) in [6.45, 7) is 2.37. The molecule has 3 N–H and O–H groups in total. The highest BCUT2D eigenvalue weighted by Crippen LogP contribution is 2.16. The maximum atomic E-state index is 5.63. The largest absolute Gasteiger partial charge is 0.397 e. The van der Waals surface area contributed by atoms with Gasteiger partial charge in [-0.2, -0.15) is 0 Å². The quantitative estimate of drug-likeness (QED) is 0.652. The predicted molar refractivity (Wildman–Crippen MR) is 50.2 cm³/mol. The van der Waals surface area contributed by atoms with Crippen molar-refractivity contribution in [2.75, 3.05) is 25.5 Å². The molecule has 2 heterocycles. The third-order valence-electron chi connectivity index (χ3n) is 2.10. The number of hydrogen-bond donors (Lipinski definition) is 2. The fourth-order valence-corrected chi connectivity index (χ4v) is 1.45. The maximum Gasteiger partial charge on any atom is 0.0662 e. The van der Waals surface area contributed by atoms with Crippen LogP contribution in [0.15, 0.2) is 18.5 Å². The number of nitrogens with two attached hydrogens (primary N) is 1. The van der Waals surface area contributed by atoms with E-state index < -0.39 is 0 Å². The zero-order valence-electron chi connectivity index (χ0n) is 7.36. The first kappa shape index (κ1) is 8.47. The van der Waals surface area contributed by atoms with E-state index in [1.165, 1.54) is 0 Å². The summed E-state index contributed by atoms with van der Waals surface area (Å²) < 4.78 is 5.35. The normalized spacial score (nSPS) is 22.9. The molecule has 0 radical (unpaired) electrons. The third-order valence-corrected chi connectivity index (χ3v) is 2.10. The van der Waals surface area contributed by atoms with Gasteiger partial charge in [-0.15, -0.1) is 0 Å². The predicted octanol–water partition coefficient (Wildman–Crippen LogP) is 0.325. The van der Waals surface area contributed by atoms with Crippen molar-refractivity contribution in [2.24, 2.45) is 0 Å². The van der Waals surface area contributed by atoms with Gasteiger partial charge in [-0.05, 0) is 11.6 Å². The number of nitrogens with one attached hydrogen (secondary N) is 1. The third kappa shape index (κ3) is 1.96. The Hall–Kier alpha value is -1.13. The first-order valence-corrected chi connectivity index (χ1v) is 4.38. The van der Waals surface area contributed by atoms with Crippen LogP contribution in [0.5, 0.6) is 0 Å². The Bertz CT molecular complexity index is 284. The first-order valence-electron chi connectivity index (χ1n) is 4.38. The molecule has 1 saturated heterocycles. The van der Waals surface area contributed by atoms with Crippen molar-refractivity contribution in [3.05, 3.63) is 24.0 Å². The molecule has 0 saturated carbocycles. The maximum absolute atomic E-state index is 5.63. The summed E-state index contributed by atoms with van der Waals surface area (Å²) in [7, 11) is 0. The minimum atomic E-state index is 0.241. The topological polar surface area (TPSA) is 60.2 Å². The number of rotatable bonds is 1. The van der Waals surface area contributed by atoms with E-state index in [-0.39, 0.29) is 6.04 Å². The highest BCUT2D eigenvalue weighted by molar-refractivity contribution is 5.38. The van der Waals surface area contributed by atoms with Gasteiger partial charge in [-0.25, -0.2) is 0 Å².